The van der Waals surface area contributed by atoms with E-state index >= 15 is 0 Å². The van der Waals surface area contributed by atoms with Crippen LogP contribution in [0.4, 0.5) is 13.9 Å². The summed E-state index contributed by atoms with van der Waals surface area (Å²) in [7, 11) is 0. The largest absolute Gasteiger partial charge is 0.320 e. The molecule has 2 heterocycles. The maximum absolute atomic E-state index is 12.9. The van der Waals surface area contributed by atoms with Crippen LogP contribution in [0.25, 0.3) is 10.7 Å². The molecule has 2 aromatic rings. The van der Waals surface area contributed by atoms with Gasteiger partial charge in [0.15, 0.2) is 11.0 Å². The summed E-state index contributed by atoms with van der Waals surface area (Å²) in [5.74, 6) is -0.0975. The van der Waals surface area contributed by atoms with E-state index in [9.17, 15) is 13.6 Å². The van der Waals surface area contributed by atoms with Gasteiger partial charge in [0.2, 0.25) is 5.91 Å². The molecule has 8 heteroatoms. The number of aromatic nitrogens is 3. The number of rotatable bonds is 5. The smallest absolute Gasteiger partial charge is 0.302 e. The van der Waals surface area contributed by atoms with Gasteiger partial charge in [0, 0.05) is 18.3 Å². The maximum Gasteiger partial charge on any atom is 0.320 e. The molecular formula is C13H16F2N4OS. The van der Waals surface area contributed by atoms with E-state index in [1.165, 1.54) is 12.4 Å². The van der Waals surface area contributed by atoms with Crippen LogP contribution in [0.5, 0.6) is 0 Å². The van der Waals surface area contributed by atoms with Crippen LogP contribution in [-0.4, -0.2) is 20.4 Å². The van der Waals surface area contributed by atoms with E-state index in [0.717, 1.165) is 22.3 Å². The van der Waals surface area contributed by atoms with Crippen molar-refractivity contribution < 1.29 is 13.6 Å². The predicted molar refractivity (Wildman–Crippen MR) is 77.4 cm³/mol. The highest BCUT2D eigenvalue weighted by Crippen LogP contribution is 2.33. The summed E-state index contributed by atoms with van der Waals surface area (Å²) in [6.45, 7) is 2.78. The van der Waals surface area contributed by atoms with E-state index < -0.39 is 6.55 Å². The normalized spacial score (nSPS) is 12.7. The molecule has 114 valence electrons. The van der Waals surface area contributed by atoms with Gasteiger partial charge in [-0.2, -0.15) is 8.78 Å². The van der Waals surface area contributed by atoms with E-state index in [4.69, 9.17) is 0 Å². The topological polar surface area (TPSA) is 59.8 Å². The van der Waals surface area contributed by atoms with Gasteiger partial charge in [0.05, 0.1) is 10.6 Å². The number of aryl methyl sites for hydroxylation is 1. The van der Waals surface area contributed by atoms with Gasteiger partial charge >= 0.3 is 6.55 Å². The lowest BCUT2D eigenvalue weighted by Gasteiger charge is -2.06. The van der Waals surface area contributed by atoms with Crippen LogP contribution < -0.4 is 5.32 Å². The van der Waals surface area contributed by atoms with Crippen LogP contribution in [-0.2, 0) is 4.79 Å². The molecule has 21 heavy (non-hydrogen) atoms. The molecule has 0 radical (unpaired) electrons. The van der Waals surface area contributed by atoms with Crippen molar-refractivity contribution in [1.29, 1.82) is 0 Å². The summed E-state index contributed by atoms with van der Waals surface area (Å²) >= 11 is 1.15. The Morgan fingerprint density at radius 2 is 2.24 bits per heavy atom. The second-order valence-electron chi connectivity index (χ2n) is 4.67. The summed E-state index contributed by atoms with van der Waals surface area (Å²) in [5, 5.41) is 3.11. The molecule has 0 fully saturated rings. The Bertz CT molecular complexity index is 638. The van der Waals surface area contributed by atoms with Gasteiger partial charge in [-0.3, -0.25) is 9.36 Å². The second kappa shape index (κ2) is 6.30. The summed E-state index contributed by atoms with van der Waals surface area (Å²) in [4.78, 5) is 20.5. The van der Waals surface area contributed by atoms with Crippen LogP contribution in [0.2, 0.25) is 0 Å². The monoisotopic (exact) mass is 314 g/mol. The minimum atomic E-state index is -2.66. The van der Waals surface area contributed by atoms with Crippen molar-refractivity contribution in [2.24, 2.45) is 5.92 Å². The number of alkyl halides is 2. The number of imidazole rings is 1. The molecule has 1 N–H and O–H groups in total. The number of carbonyl (C=O) groups excluding carboxylic acids is 1. The molecule has 5 nitrogen and oxygen atoms in total. The number of hydrogen-bond donors (Lipinski definition) is 1. The van der Waals surface area contributed by atoms with Crippen LogP contribution in [0.3, 0.4) is 0 Å². The van der Waals surface area contributed by atoms with E-state index in [0.29, 0.717) is 15.7 Å². The van der Waals surface area contributed by atoms with Gasteiger partial charge in [0.1, 0.15) is 0 Å². The van der Waals surface area contributed by atoms with Gasteiger partial charge in [-0.15, -0.1) is 0 Å². The number of amides is 1. The number of nitrogens with zero attached hydrogens (tertiary/aromatic N) is 3. The van der Waals surface area contributed by atoms with Crippen molar-refractivity contribution in [3.05, 3.63) is 18.1 Å². The zero-order chi connectivity index (χ0) is 15.6. The molecule has 0 saturated carbocycles. The lowest BCUT2D eigenvalue weighted by Crippen LogP contribution is -2.19. The fourth-order valence-corrected chi connectivity index (χ4v) is 2.69. The van der Waals surface area contributed by atoms with Crippen LogP contribution in [0.1, 0.15) is 32.5 Å². The second-order valence-corrected chi connectivity index (χ2v) is 5.67. The third-order valence-electron chi connectivity index (χ3n) is 3.17. The molecule has 0 spiro atoms. The quantitative estimate of drug-likeness (QED) is 0.915. The summed E-state index contributed by atoms with van der Waals surface area (Å²) in [5.41, 5.74) is 0.563. The Balaban J connectivity index is 2.27. The number of anilines is 1. The number of thiazole rings is 1. The fourth-order valence-electron chi connectivity index (χ4n) is 1.72. The van der Waals surface area contributed by atoms with E-state index in [-0.39, 0.29) is 17.6 Å². The number of nitrogens with one attached hydrogen (secondary N) is 1. The Morgan fingerprint density at radius 1 is 1.52 bits per heavy atom. The third-order valence-corrected chi connectivity index (χ3v) is 4.24. The van der Waals surface area contributed by atoms with E-state index in [2.05, 4.69) is 15.3 Å². The molecule has 1 amide bonds. The molecular weight excluding hydrogens is 298 g/mol. The zero-order valence-corrected chi connectivity index (χ0v) is 12.7. The first-order valence-electron chi connectivity index (χ1n) is 6.53. The van der Waals surface area contributed by atoms with Gasteiger partial charge < -0.3 is 5.32 Å². The molecule has 0 aromatic carbocycles. The van der Waals surface area contributed by atoms with Gasteiger partial charge in [-0.05, 0) is 13.3 Å². The van der Waals surface area contributed by atoms with Crippen molar-refractivity contribution >= 4 is 22.4 Å². The van der Waals surface area contributed by atoms with Crippen molar-refractivity contribution in [3.63, 3.8) is 0 Å². The Labute approximate surface area is 125 Å². The van der Waals surface area contributed by atoms with E-state index in [1.807, 2.05) is 13.8 Å². The number of hydrogen-bond acceptors (Lipinski definition) is 4. The molecule has 0 aliphatic carbocycles. The fraction of sp³-hybridized carbons (Fsp3) is 0.462. The average Bonchev–Trinajstić information content (AvgIpc) is 3.03. The summed E-state index contributed by atoms with van der Waals surface area (Å²) in [6.07, 6.45) is 3.26. The lowest BCUT2D eigenvalue weighted by atomic mass is 10.1. The molecule has 2 aromatic heterocycles. The Hall–Kier alpha value is -1.83. The molecule has 0 aliphatic heterocycles. The zero-order valence-electron chi connectivity index (χ0n) is 11.9. The highest BCUT2D eigenvalue weighted by Gasteiger charge is 2.20. The first-order valence-corrected chi connectivity index (χ1v) is 7.35. The van der Waals surface area contributed by atoms with Crippen molar-refractivity contribution in [2.45, 2.75) is 33.7 Å². The maximum atomic E-state index is 12.9. The molecule has 0 saturated heterocycles. The molecule has 0 unspecified atom stereocenters. The van der Waals surface area contributed by atoms with Crippen molar-refractivity contribution in [2.75, 3.05) is 5.32 Å². The highest BCUT2D eigenvalue weighted by atomic mass is 32.1. The first kappa shape index (κ1) is 15.6. The Morgan fingerprint density at radius 3 is 2.86 bits per heavy atom. The summed E-state index contributed by atoms with van der Waals surface area (Å²) in [6, 6.07) is 0. The molecule has 0 bridgehead atoms. The van der Waals surface area contributed by atoms with Crippen LogP contribution in [0.15, 0.2) is 12.4 Å². The minimum Gasteiger partial charge on any atom is -0.302 e. The number of carbonyl (C=O) groups is 1. The predicted octanol–water partition coefficient (Wildman–Crippen LogP) is 3.69. The van der Waals surface area contributed by atoms with Crippen LogP contribution in [0, 0.1) is 12.8 Å². The first-order chi connectivity index (χ1) is 9.93. The Kier molecular flexibility index (Phi) is 4.66. The molecule has 1 atom stereocenters. The van der Waals surface area contributed by atoms with Crippen molar-refractivity contribution in [1.82, 2.24) is 14.5 Å². The minimum absolute atomic E-state index is 0.124. The average molecular weight is 314 g/mol. The molecule has 0 aliphatic rings. The number of halogens is 2. The van der Waals surface area contributed by atoms with Crippen LogP contribution >= 0.6 is 11.3 Å². The highest BCUT2D eigenvalue weighted by molar-refractivity contribution is 7.19. The third kappa shape index (κ3) is 3.26. The lowest BCUT2D eigenvalue weighted by molar-refractivity contribution is -0.119. The SMILES string of the molecule is CC[C@H](C)C(=O)Nc1nc(C)c(-c2nccn2C(F)F)s1. The van der Waals surface area contributed by atoms with Gasteiger partial charge in [-0.25, -0.2) is 9.97 Å². The standard InChI is InChI=1S/C13H16F2N4OS/c1-4-7(2)11(20)18-13-17-8(3)9(21-13)10-16-5-6-19(10)12(14)15/h5-7,12H,4H2,1-3H3,(H,17,18,20)/t7-/m0/s1. The molecule has 2 rings (SSSR count). The van der Waals surface area contributed by atoms with Gasteiger partial charge in [-0.1, -0.05) is 25.2 Å². The van der Waals surface area contributed by atoms with Gasteiger partial charge in [0.25, 0.3) is 0 Å². The van der Waals surface area contributed by atoms with E-state index in [1.54, 1.807) is 6.92 Å². The van der Waals surface area contributed by atoms with Crippen molar-refractivity contribution in [3.8, 4) is 10.7 Å². The summed E-state index contributed by atoms with van der Waals surface area (Å²) < 4.78 is 26.5.